The van der Waals surface area contributed by atoms with Crippen LogP contribution >= 0.6 is 34.4 Å². The van der Waals surface area contributed by atoms with Gasteiger partial charge in [-0.1, -0.05) is 11.8 Å². The summed E-state index contributed by atoms with van der Waals surface area (Å²) in [5.41, 5.74) is 9.74. The Bertz CT molecular complexity index is 1100. The molecular weight excluding hydrogens is 547 g/mol. The van der Waals surface area contributed by atoms with E-state index in [4.69, 9.17) is 10.7 Å². The maximum Gasteiger partial charge on any atom is 0.214 e. The van der Waals surface area contributed by atoms with Crippen LogP contribution in [-0.4, -0.2) is 49.3 Å². The summed E-state index contributed by atoms with van der Waals surface area (Å²) in [4.78, 5) is 12.7. The second-order valence-electron chi connectivity index (χ2n) is 8.18. The Morgan fingerprint density at radius 2 is 2.06 bits per heavy atom. The summed E-state index contributed by atoms with van der Waals surface area (Å²) in [5.74, 6) is 0.513. The van der Waals surface area contributed by atoms with E-state index in [9.17, 15) is 8.42 Å². The number of aryl methyl sites for hydroxylation is 2. The number of aliphatic imine (C=N–C) groups is 2. The number of fused-ring (bicyclic) bond motifs is 2. The molecule has 0 amide bonds. The van der Waals surface area contributed by atoms with Gasteiger partial charge in [-0.25, -0.2) is 23.1 Å². The first kappa shape index (κ1) is 21.5. The van der Waals surface area contributed by atoms with Crippen molar-refractivity contribution in [3.05, 3.63) is 38.3 Å². The number of benzene rings is 1. The Balaban J connectivity index is 1.32. The van der Waals surface area contributed by atoms with E-state index in [0.717, 1.165) is 36.5 Å². The van der Waals surface area contributed by atoms with Crippen LogP contribution in [-0.2, 0) is 22.9 Å². The average Bonchev–Trinajstić information content (AvgIpc) is 3.42. The summed E-state index contributed by atoms with van der Waals surface area (Å²) in [5, 5.41) is 3.59. The third kappa shape index (κ3) is 4.46. The molecule has 5 rings (SSSR count). The van der Waals surface area contributed by atoms with E-state index in [1.807, 2.05) is 0 Å². The molecule has 1 fully saturated rings. The summed E-state index contributed by atoms with van der Waals surface area (Å²) < 4.78 is 28.1. The van der Waals surface area contributed by atoms with Crippen molar-refractivity contribution in [2.75, 3.05) is 13.1 Å². The normalized spacial score (nSPS) is 22.4. The van der Waals surface area contributed by atoms with Crippen molar-refractivity contribution < 1.29 is 8.42 Å². The SMILES string of the molecule is NC1=C2N=C(Sc3cc4c(cc3I)CCC4)N(CCCNS(=O)(=O)C3CC3)C2N=CN1. The molecule has 11 heteroatoms. The van der Waals surface area contributed by atoms with Crippen molar-refractivity contribution in [1.29, 1.82) is 0 Å². The van der Waals surface area contributed by atoms with E-state index >= 15 is 0 Å². The molecule has 0 aromatic heterocycles. The van der Waals surface area contributed by atoms with Gasteiger partial charge in [0.25, 0.3) is 0 Å². The molecular formula is C20H25IN6O2S2. The molecule has 31 heavy (non-hydrogen) atoms. The molecule has 4 N–H and O–H groups in total. The molecule has 2 aliphatic heterocycles. The predicted octanol–water partition coefficient (Wildman–Crippen LogP) is 2.10. The van der Waals surface area contributed by atoms with Gasteiger partial charge >= 0.3 is 0 Å². The smallest absolute Gasteiger partial charge is 0.214 e. The zero-order valence-electron chi connectivity index (χ0n) is 17.0. The molecule has 0 radical (unpaired) electrons. The highest BCUT2D eigenvalue weighted by Crippen LogP contribution is 2.37. The maximum atomic E-state index is 12.1. The van der Waals surface area contributed by atoms with Crippen LogP contribution in [0.4, 0.5) is 0 Å². The number of halogens is 1. The van der Waals surface area contributed by atoms with Gasteiger partial charge in [0.2, 0.25) is 10.0 Å². The minimum atomic E-state index is -3.16. The molecule has 8 nitrogen and oxygen atoms in total. The van der Waals surface area contributed by atoms with E-state index in [0.29, 0.717) is 25.3 Å². The number of sulfonamides is 1. The van der Waals surface area contributed by atoms with Crippen molar-refractivity contribution in [3.8, 4) is 0 Å². The van der Waals surface area contributed by atoms with E-state index in [-0.39, 0.29) is 11.4 Å². The average molecular weight is 572 g/mol. The Morgan fingerprint density at radius 3 is 2.84 bits per heavy atom. The minimum absolute atomic E-state index is 0.197. The fraction of sp³-hybridized carbons (Fsp3) is 0.500. The van der Waals surface area contributed by atoms with E-state index in [2.05, 4.69) is 54.7 Å². The van der Waals surface area contributed by atoms with Crippen molar-refractivity contribution in [2.24, 2.45) is 15.7 Å². The first-order valence-electron chi connectivity index (χ1n) is 10.5. The fourth-order valence-electron chi connectivity index (χ4n) is 4.09. The molecule has 166 valence electrons. The van der Waals surface area contributed by atoms with Crippen molar-refractivity contribution in [1.82, 2.24) is 14.9 Å². The molecule has 1 atom stereocenters. The van der Waals surface area contributed by atoms with Crippen LogP contribution in [0.3, 0.4) is 0 Å². The van der Waals surface area contributed by atoms with Gasteiger partial charge in [0.05, 0.1) is 11.6 Å². The van der Waals surface area contributed by atoms with Crippen LogP contribution in [0.15, 0.2) is 38.5 Å². The van der Waals surface area contributed by atoms with Crippen LogP contribution in [0, 0.1) is 3.57 Å². The monoisotopic (exact) mass is 572 g/mol. The lowest BCUT2D eigenvalue weighted by molar-refractivity contribution is 0.369. The van der Waals surface area contributed by atoms with Gasteiger partial charge in [-0.15, -0.1) is 0 Å². The van der Waals surface area contributed by atoms with Crippen molar-refractivity contribution >= 4 is 55.9 Å². The first-order valence-corrected chi connectivity index (χ1v) is 14.0. The van der Waals surface area contributed by atoms with E-state index in [1.165, 1.54) is 26.0 Å². The van der Waals surface area contributed by atoms with Crippen LogP contribution < -0.4 is 15.8 Å². The summed E-state index contributed by atoms with van der Waals surface area (Å²) in [6.45, 7) is 1.05. The Kier molecular flexibility index (Phi) is 5.95. The molecule has 1 aromatic rings. The number of nitrogens with one attached hydrogen (secondary N) is 2. The van der Waals surface area contributed by atoms with Crippen LogP contribution in [0.1, 0.15) is 36.8 Å². The number of rotatable bonds is 7. The molecule has 4 aliphatic rings. The molecule has 2 heterocycles. The molecule has 0 bridgehead atoms. The lowest BCUT2D eigenvalue weighted by Crippen LogP contribution is -2.40. The number of hydrogen-bond acceptors (Lipinski definition) is 8. The standard InChI is InChI=1S/C20H25IN6O2S2/c21-15-9-12-3-1-4-13(12)10-16(15)30-20-26-17-18(22)23-11-24-19(17)27(20)8-2-7-25-31(28,29)14-5-6-14/h9-11,14,19,25H,1-8,22H2,(H,23,24). The summed E-state index contributed by atoms with van der Waals surface area (Å²) in [6.07, 6.45) is 7.05. The number of hydrogen-bond donors (Lipinski definition) is 3. The second kappa shape index (κ2) is 8.56. The molecule has 2 aliphatic carbocycles. The number of thioether (sulfide) groups is 1. The van der Waals surface area contributed by atoms with Gasteiger partial charge < -0.3 is 16.0 Å². The van der Waals surface area contributed by atoms with Crippen molar-refractivity contribution in [2.45, 2.75) is 54.8 Å². The van der Waals surface area contributed by atoms with Gasteiger partial charge in [0.15, 0.2) is 11.3 Å². The van der Waals surface area contributed by atoms with Gasteiger partial charge in [-0.05, 0) is 84.4 Å². The summed E-state index contributed by atoms with van der Waals surface area (Å²) in [7, 11) is -3.16. The topological polar surface area (TPSA) is 112 Å². The molecule has 1 aromatic carbocycles. The lowest BCUT2D eigenvalue weighted by atomic mass is 10.1. The van der Waals surface area contributed by atoms with Crippen molar-refractivity contribution in [3.63, 3.8) is 0 Å². The summed E-state index contributed by atoms with van der Waals surface area (Å²) in [6, 6.07) is 4.58. The van der Waals surface area contributed by atoms with Crippen LogP contribution in [0.2, 0.25) is 0 Å². The number of nitrogens with zero attached hydrogens (tertiary/aromatic N) is 3. The highest BCUT2D eigenvalue weighted by molar-refractivity contribution is 14.1. The van der Waals surface area contributed by atoms with Crippen LogP contribution in [0.5, 0.6) is 0 Å². The lowest BCUT2D eigenvalue weighted by Gasteiger charge is -2.27. The minimum Gasteiger partial charge on any atom is -0.384 e. The molecule has 1 unspecified atom stereocenters. The van der Waals surface area contributed by atoms with E-state index in [1.54, 1.807) is 18.1 Å². The quantitative estimate of drug-likeness (QED) is 0.341. The van der Waals surface area contributed by atoms with Gasteiger partial charge in [-0.2, -0.15) is 0 Å². The molecule has 0 saturated heterocycles. The zero-order chi connectivity index (χ0) is 21.6. The predicted molar refractivity (Wildman–Crippen MR) is 132 cm³/mol. The largest absolute Gasteiger partial charge is 0.384 e. The third-order valence-electron chi connectivity index (χ3n) is 5.90. The second-order valence-corrected chi connectivity index (χ2v) is 12.4. The number of amidine groups is 1. The van der Waals surface area contributed by atoms with Gasteiger partial charge in [-0.3, -0.25) is 0 Å². The Hall–Kier alpha value is -1.31. The maximum absolute atomic E-state index is 12.1. The zero-order valence-corrected chi connectivity index (χ0v) is 20.8. The van der Waals surface area contributed by atoms with Gasteiger partial charge in [0.1, 0.15) is 11.5 Å². The van der Waals surface area contributed by atoms with Gasteiger partial charge in [0, 0.05) is 21.6 Å². The summed E-state index contributed by atoms with van der Waals surface area (Å²) >= 11 is 4.04. The fourth-order valence-corrected chi connectivity index (χ4v) is 7.38. The number of nitrogens with two attached hydrogens (primary N) is 1. The molecule has 0 spiro atoms. The highest BCUT2D eigenvalue weighted by Gasteiger charge is 2.37. The highest BCUT2D eigenvalue weighted by atomic mass is 127. The Morgan fingerprint density at radius 1 is 1.29 bits per heavy atom. The third-order valence-corrected chi connectivity index (χ3v) is 10.2. The molecule has 1 saturated carbocycles. The van der Waals surface area contributed by atoms with E-state index < -0.39 is 10.0 Å². The Labute approximate surface area is 200 Å². The first-order chi connectivity index (χ1) is 14.9. The van der Waals surface area contributed by atoms with Crippen LogP contribution in [0.25, 0.3) is 0 Å².